The van der Waals surface area contributed by atoms with Crippen LogP contribution >= 0.6 is 0 Å². The van der Waals surface area contributed by atoms with Crippen molar-refractivity contribution in [1.29, 1.82) is 0 Å². The fourth-order valence-corrected chi connectivity index (χ4v) is 2.95. The van der Waals surface area contributed by atoms with Crippen molar-refractivity contribution in [2.24, 2.45) is 21.7 Å². The van der Waals surface area contributed by atoms with E-state index < -0.39 is 0 Å². The van der Waals surface area contributed by atoms with E-state index in [4.69, 9.17) is 11.5 Å². The Morgan fingerprint density at radius 1 is 1.14 bits per heavy atom. The van der Waals surface area contributed by atoms with Crippen molar-refractivity contribution in [3.8, 4) is 0 Å². The zero-order chi connectivity index (χ0) is 14.7. The van der Waals surface area contributed by atoms with Crippen molar-refractivity contribution in [2.75, 3.05) is 0 Å². The van der Waals surface area contributed by atoms with E-state index >= 15 is 0 Å². The molecular weight excluding hydrogens is 262 g/mol. The van der Waals surface area contributed by atoms with Crippen LogP contribution < -0.4 is 11.5 Å². The summed E-state index contributed by atoms with van der Waals surface area (Å²) >= 11 is 0. The van der Waals surface area contributed by atoms with E-state index in [-0.39, 0.29) is 11.9 Å². The summed E-state index contributed by atoms with van der Waals surface area (Å²) in [6.45, 7) is 0. The summed E-state index contributed by atoms with van der Waals surface area (Å²) in [5.41, 5.74) is 12.9. The first-order chi connectivity index (χ1) is 10.3. The summed E-state index contributed by atoms with van der Waals surface area (Å²) in [4.78, 5) is 4.62. The molecule has 1 unspecified atom stereocenters. The van der Waals surface area contributed by atoms with Gasteiger partial charge in [0.15, 0.2) is 0 Å². The van der Waals surface area contributed by atoms with Gasteiger partial charge in [0.2, 0.25) is 5.96 Å². The molecule has 0 radical (unpaired) electrons. The van der Waals surface area contributed by atoms with Crippen LogP contribution in [0.25, 0.3) is 10.8 Å². The number of fused-ring (bicyclic) bond motifs is 1. The third-order valence-electron chi connectivity index (χ3n) is 3.91. The van der Waals surface area contributed by atoms with Crippen molar-refractivity contribution in [3.05, 3.63) is 42.2 Å². The first-order valence-corrected chi connectivity index (χ1v) is 7.24. The van der Waals surface area contributed by atoms with Crippen LogP contribution in [0.5, 0.6) is 0 Å². The average Bonchev–Trinajstić information content (AvgIpc) is 2.53. The lowest BCUT2D eigenvalue weighted by atomic mass is 9.83. The van der Waals surface area contributed by atoms with E-state index in [0.29, 0.717) is 0 Å². The second-order valence-electron chi connectivity index (χ2n) is 5.33. The normalized spacial score (nSPS) is 20.6. The van der Waals surface area contributed by atoms with Crippen molar-refractivity contribution >= 4 is 22.4 Å². The van der Waals surface area contributed by atoms with Gasteiger partial charge in [-0.15, -0.1) is 5.10 Å². The number of hydrogen-bond donors (Lipinski definition) is 2. The SMILES string of the molecule is NC(N)=N/N=C1\CCCCC1c1nccc2ccccc12. The molecule has 0 bridgehead atoms. The van der Waals surface area contributed by atoms with E-state index in [2.05, 4.69) is 27.3 Å². The molecule has 0 aliphatic heterocycles. The molecule has 0 spiro atoms. The Morgan fingerprint density at radius 2 is 2.00 bits per heavy atom. The molecule has 3 rings (SSSR count). The number of pyridine rings is 1. The van der Waals surface area contributed by atoms with Crippen molar-refractivity contribution < 1.29 is 0 Å². The summed E-state index contributed by atoms with van der Waals surface area (Å²) in [5.74, 6) is 0.200. The Kier molecular flexibility index (Phi) is 3.81. The number of benzene rings is 1. The van der Waals surface area contributed by atoms with Gasteiger partial charge in [-0.2, -0.15) is 5.10 Å². The molecule has 1 aromatic heterocycles. The molecule has 21 heavy (non-hydrogen) atoms. The molecule has 1 fully saturated rings. The van der Waals surface area contributed by atoms with E-state index in [0.717, 1.165) is 30.7 Å². The molecule has 4 N–H and O–H groups in total. The third-order valence-corrected chi connectivity index (χ3v) is 3.91. The van der Waals surface area contributed by atoms with Gasteiger partial charge in [-0.3, -0.25) is 4.98 Å². The van der Waals surface area contributed by atoms with Gasteiger partial charge in [0.05, 0.1) is 5.69 Å². The Balaban J connectivity index is 2.06. The standard InChI is InChI=1S/C16H19N5/c17-16(18)21-20-14-8-4-3-7-13(14)15-12-6-2-1-5-11(12)9-10-19-15/h1-2,5-6,9-10,13H,3-4,7-8H2,(H4,17,18,21)/b20-14+. The number of guanidine groups is 1. The fourth-order valence-electron chi connectivity index (χ4n) is 2.95. The van der Waals surface area contributed by atoms with Crippen LogP contribution in [0.2, 0.25) is 0 Å². The average molecular weight is 281 g/mol. The second-order valence-corrected chi connectivity index (χ2v) is 5.33. The largest absolute Gasteiger partial charge is 0.369 e. The monoisotopic (exact) mass is 281 g/mol. The van der Waals surface area contributed by atoms with Gasteiger partial charge in [-0.25, -0.2) is 0 Å². The first-order valence-electron chi connectivity index (χ1n) is 7.24. The topological polar surface area (TPSA) is 89.7 Å². The molecule has 1 aliphatic rings. The van der Waals surface area contributed by atoms with Gasteiger partial charge in [0, 0.05) is 23.2 Å². The quantitative estimate of drug-likeness (QED) is 0.503. The molecular formula is C16H19N5. The van der Waals surface area contributed by atoms with E-state index in [1.165, 1.54) is 17.2 Å². The smallest absolute Gasteiger partial charge is 0.211 e. The van der Waals surface area contributed by atoms with E-state index in [1.54, 1.807) is 0 Å². The molecule has 0 amide bonds. The molecule has 1 aliphatic carbocycles. The molecule has 0 saturated heterocycles. The van der Waals surface area contributed by atoms with E-state index in [1.807, 2.05) is 24.4 Å². The van der Waals surface area contributed by atoms with E-state index in [9.17, 15) is 0 Å². The zero-order valence-corrected chi connectivity index (χ0v) is 11.9. The lowest BCUT2D eigenvalue weighted by molar-refractivity contribution is 0.604. The maximum atomic E-state index is 5.39. The number of nitrogens with two attached hydrogens (primary N) is 2. The zero-order valence-electron chi connectivity index (χ0n) is 11.9. The summed E-state index contributed by atoms with van der Waals surface area (Å²) in [7, 11) is 0. The molecule has 2 aromatic rings. The van der Waals surface area contributed by atoms with Gasteiger partial charge in [-0.1, -0.05) is 30.7 Å². The van der Waals surface area contributed by atoms with Gasteiger partial charge in [-0.05, 0) is 30.7 Å². The predicted molar refractivity (Wildman–Crippen MR) is 86.2 cm³/mol. The van der Waals surface area contributed by atoms with Crippen LogP contribution in [0, 0.1) is 0 Å². The minimum absolute atomic E-state index is 0.00213. The summed E-state index contributed by atoms with van der Waals surface area (Å²) in [6, 6.07) is 10.3. The summed E-state index contributed by atoms with van der Waals surface area (Å²) in [6.07, 6.45) is 6.13. The molecule has 1 heterocycles. The molecule has 1 atom stereocenters. The van der Waals surface area contributed by atoms with Crippen LogP contribution in [0.15, 0.2) is 46.7 Å². The van der Waals surface area contributed by atoms with Crippen LogP contribution in [0.4, 0.5) is 0 Å². The van der Waals surface area contributed by atoms with Crippen molar-refractivity contribution in [2.45, 2.75) is 31.6 Å². The van der Waals surface area contributed by atoms with Crippen molar-refractivity contribution in [3.63, 3.8) is 0 Å². The lowest BCUT2D eigenvalue weighted by Crippen LogP contribution is -2.23. The van der Waals surface area contributed by atoms with Crippen molar-refractivity contribution in [1.82, 2.24) is 4.98 Å². The molecule has 5 heteroatoms. The third kappa shape index (κ3) is 2.86. The van der Waals surface area contributed by atoms with Gasteiger partial charge in [0.1, 0.15) is 0 Å². The summed E-state index contributed by atoms with van der Waals surface area (Å²) < 4.78 is 0. The Hall–Kier alpha value is -2.43. The number of hydrogen-bond acceptors (Lipinski definition) is 3. The Labute approximate surface area is 123 Å². The highest BCUT2D eigenvalue weighted by Crippen LogP contribution is 2.33. The summed E-state index contributed by atoms with van der Waals surface area (Å²) in [5, 5.41) is 10.5. The highest BCUT2D eigenvalue weighted by molar-refractivity contribution is 5.96. The number of rotatable bonds is 2. The van der Waals surface area contributed by atoms with Crippen LogP contribution in [0.3, 0.4) is 0 Å². The number of nitrogens with zero attached hydrogens (tertiary/aromatic N) is 3. The predicted octanol–water partition coefficient (Wildman–Crippen LogP) is 2.52. The Morgan fingerprint density at radius 3 is 2.86 bits per heavy atom. The second kappa shape index (κ2) is 5.91. The number of aromatic nitrogens is 1. The molecule has 1 saturated carbocycles. The minimum Gasteiger partial charge on any atom is -0.369 e. The van der Waals surface area contributed by atoms with Crippen LogP contribution in [-0.4, -0.2) is 16.7 Å². The highest BCUT2D eigenvalue weighted by atomic mass is 15.3. The first kappa shape index (κ1) is 13.5. The molecule has 1 aromatic carbocycles. The van der Waals surface area contributed by atoms with Gasteiger partial charge < -0.3 is 11.5 Å². The van der Waals surface area contributed by atoms with Crippen LogP contribution in [-0.2, 0) is 0 Å². The molecule has 108 valence electrons. The van der Waals surface area contributed by atoms with Crippen LogP contribution in [0.1, 0.15) is 37.3 Å². The fraction of sp³-hybridized carbons (Fsp3) is 0.312. The highest BCUT2D eigenvalue weighted by Gasteiger charge is 2.25. The Bertz CT molecular complexity index is 695. The maximum Gasteiger partial charge on any atom is 0.211 e. The lowest BCUT2D eigenvalue weighted by Gasteiger charge is -2.24. The maximum absolute atomic E-state index is 5.39. The van der Waals surface area contributed by atoms with Gasteiger partial charge in [0.25, 0.3) is 0 Å². The molecule has 5 nitrogen and oxygen atoms in total. The van der Waals surface area contributed by atoms with Gasteiger partial charge >= 0.3 is 0 Å². The minimum atomic E-state index is -0.00213.